The predicted octanol–water partition coefficient (Wildman–Crippen LogP) is 3.99. The lowest BCUT2D eigenvalue weighted by atomic mass is 10.1. The van der Waals surface area contributed by atoms with Crippen LogP contribution in [-0.4, -0.2) is 19.6 Å². The zero-order chi connectivity index (χ0) is 21.6. The molecule has 0 saturated heterocycles. The molecule has 4 rings (SSSR count). The van der Waals surface area contributed by atoms with Gasteiger partial charge in [0.2, 0.25) is 11.2 Å². The van der Waals surface area contributed by atoms with E-state index < -0.39 is 5.91 Å². The molecular weight excluding hydrogens is 396 g/mol. The molecule has 7 heteroatoms. The Kier molecular flexibility index (Phi) is 5.84. The Labute approximate surface area is 178 Å². The van der Waals surface area contributed by atoms with Crippen LogP contribution in [0.2, 0.25) is 0 Å². The third-order valence-corrected chi connectivity index (χ3v) is 4.58. The zero-order valence-electron chi connectivity index (χ0n) is 16.8. The monoisotopic (exact) mass is 416 g/mol. The van der Waals surface area contributed by atoms with Crippen LogP contribution in [0.4, 0.5) is 5.69 Å². The maximum absolute atomic E-state index is 13.1. The smallest absolute Gasteiger partial charge is 0.276 e. The minimum atomic E-state index is -0.456. The number of benzene rings is 3. The minimum absolute atomic E-state index is 0.0574. The summed E-state index contributed by atoms with van der Waals surface area (Å²) in [5.74, 6) is 0.200. The van der Waals surface area contributed by atoms with Gasteiger partial charge in [0.15, 0.2) is 12.4 Å². The van der Waals surface area contributed by atoms with Crippen molar-refractivity contribution in [3.63, 3.8) is 0 Å². The molecule has 0 fully saturated rings. The van der Waals surface area contributed by atoms with Gasteiger partial charge in [0.1, 0.15) is 11.3 Å². The summed E-state index contributed by atoms with van der Waals surface area (Å²) < 4.78 is 17.1. The van der Waals surface area contributed by atoms with Crippen LogP contribution in [0.5, 0.6) is 11.5 Å². The molecule has 2 N–H and O–H groups in total. The summed E-state index contributed by atoms with van der Waals surface area (Å²) in [5, 5.41) is 0.360. The van der Waals surface area contributed by atoms with Gasteiger partial charge in [-0.05, 0) is 36.4 Å². The molecule has 0 aliphatic carbocycles. The standard InChI is InChI=1S/C24H20N2O5/c1-29-19-13-7-6-12-18(19)23-24(22(28)17-11-5-8-14-20(17)31-23)30-15-21(27)26-25-16-9-3-2-4-10-16/h2-14,25H,15H2,1H3,(H,26,27). The van der Waals surface area contributed by atoms with E-state index in [9.17, 15) is 9.59 Å². The van der Waals surface area contributed by atoms with E-state index in [0.717, 1.165) is 5.69 Å². The first-order valence-corrected chi connectivity index (χ1v) is 9.59. The van der Waals surface area contributed by atoms with Gasteiger partial charge in [-0.1, -0.05) is 42.5 Å². The van der Waals surface area contributed by atoms with Gasteiger partial charge < -0.3 is 13.9 Å². The van der Waals surface area contributed by atoms with E-state index in [1.54, 1.807) is 54.6 Å². The van der Waals surface area contributed by atoms with Gasteiger partial charge in [-0.2, -0.15) is 0 Å². The van der Waals surface area contributed by atoms with Crippen molar-refractivity contribution in [1.82, 2.24) is 5.43 Å². The second kappa shape index (κ2) is 9.04. The maximum Gasteiger partial charge on any atom is 0.276 e. The van der Waals surface area contributed by atoms with Crippen LogP contribution in [0.25, 0.3) is 22.3 Å². The van der Waals surface area contributed by atoms with Gasteiger partial charge in [-0.3, -0.25) is 20.4 Å². The van der Waals surface area contributed by atoms with Crippen LogP contribution in [0, 0.1) is 0 Å². The average Bonchev–Trinajstić information content (AvgIpc) is 2.82. The van der Waals surface area contributed by atoms with Crippen molar-refractivity contribution in [2.24, 2.45) is 0 Å². The first-order chi connectivity index (χ1) is 15.2. The summed E-state index contributed by atoms with van der Waals surface area (Å²) in [7, 11) is 1.53. The number of fused-ring (bicyclic) bond motifs is 1. The third kappa shape index (κ3) is 4.35. The summed E-state index contributed by atoms with van der Waals surface area (Å²) in [6, 6.07) is 23.1. The molecule has 1 heterocycles. The number of carbonyl (C=O) groups excluding carboxylic acids is 1. The van der Waals surface area contributed by atoms with Crippen LogP contribution in [0.15, 0.2) is 88.1 Å². The van der Waals surface area contributed by atoms with E-state index in [4.69, 9.17) is 13.9 Å². The fourth-order valence-electron chi connectivity index (χ4n) is 3.10. The van der Waals surface area contributed by atoms with Crippen LogP contribution < -0.4 is 25.8 Å². The molecule has 1 amide bonds. The summed E-state index contributed by atoms with van der Waals surface area (Å²) in [6.45, 7) is -0.384. The molecule has 1 aromatic heterocycles. The average molecular weight is 416 g/mol. The Morgan fingerprint density at radius 3 is 2.45 bits per heavy atom. The number of anilines is 1. The fourth-order valence-corrected chi connectivity index (χ4v) is 3.10. The molecule has 0 saturated carbocycles. The number of nitrogens with one attached hydrogen (secondary N) is 2. The summed E-state index contributed by atoms with van der Waals surface area (Å²) in [5.41, 5.74) is 6.63. The Hall–Kier alpha value is -4.26. The van der Waals surface area contributed by atoms with Gasteiger partial charge in [-0.15, -0.1) is 0 Å². The molecule has 0 aliphatic rings. The largest absolute Gasteiger partial charge is 0.496 e. The molecule has 0 atom stereocenters. The van der Waals surface area contributed by atoms with Crippen molar-refractivity contribution in [3.05, 3.63) is 89.1 Å². The summed E-state index contributed by atoms with van der Waals surface area (Å²) in [6.07, 6.45) is 0. The lowest BCUT2D eigenvalue weighted by molar-refractivity contribution is -0.122. The normalized spacial score (nSPS) is 10.5. The minimum Gasteiger partial charge on any atom is -0.496 e. The fraction of sp³-hybridized carbons (Fsp3) is 0.0833. The Balaban J connectivity index is 1.65. The van der Waals surface area contributed by atoms with Gasteiger partial charge in [0.25, 0.3) is 5.91 Å². The molecule has 3 aromatic carbocycles. The van der Waals surface area contributed by atoms with Gasteiger partial charge >= 0.3 is 0 Å². The van der Waals surface area contributed by atoms with Crippen molar-refractivity contribution >= 4 is 22.6 Å². The van der Waals surface area contributed by atoms with Crippen molar-refractivity contribution in [2.75, 3.05) is 19.1 Å². The van der Waals surface area contributed by atoms with Crippen LogP contribution in [0.1, 0.15) is 0 Å². The molecule has 0 bridgehead atoms. The third-order valence-electron chi connectivity index (χ3n) is 4.58. The van der Waals surface area contributed by atoms with Crippen molar-refractivity contribution in [1.29, 1.82) is 0 Å². The first kappa shape index (κ1) is 20.0. The van der Waals surface area contributed by atoms with Gasteiger partial charge in [0.05, 0.1) is 23.7 Å². The highest BCUT2D eigenvalue weighted by Crippen LogP contribution is 2.36. The highest BCUT2D eigenvalue weighted by Gasteiger charge is 2.21. The zero-order valence-corrected chi connectivity index (χ0v) is 16.8. The van der Waals surface area contributed by atoms with Crippen molar-refractivity contribution in [2.45, 2.75) is 0 Å². The number of rotatable bonds is 7. The van der Waals surface area contributed by atoms with E-state index in [-0.39, 0.29) is 23.5 Å². The number of amides is 1. The Bertz CT molecular complexity index is 1270. The van der Waals surface area contributed by atoms with E-state index in [1.807, 2.05) is 24.3 Å². The number of carbonyl (C=O) groups is 1. The molecule has 31 heavy (non-hydrogen) atoms. The van der Waals surface area contributed by atoms with Crippen LogP contribution in [-0.2, 0) is 4.79 Å². The number of para-hydroxylation sites is 3. The number of hydrazine groups is 1. The molecule has 156 valence electrons. The van der Waals surface area contributed by atoms with E-state index in [0.29, 0.717) is 22.3 Å². The SMILES string of the molecule is COc1ccccc1-c1oc2ccccc2c(=O)c1OCC(=O)NNc1ccccc1. The Morgan fingerprint density at radius 2 is 1.65 bits per heavy atom. The second-order valence-corrected chi connectivity index (χ2v) is 6.61. The van der Waals surface area contributed by atoms with Gasteiger partial charge in [-0.25, -0.2) is 0 Å². The molecule has 0 unspecified atom stereocenters. The van der Waals surface area contributed by atoms with Crippen LogP contribution >= 0.6 is 0 Å². The second-order valence-electron chi connectivity index (χ2n) is 6.61. The van der Waals surface area contributed by atoms with Gasteiger partial charge in [0, 0.05) is 0 Å². The number of methoxy groups -OCH3 is 1. The highest BCUT2D eigenvalue weighted by atomic mass is 16.5. The van der Waals surface area contributed by atoms with Crippen LogP contribution in [0.3, 0.4) is 0 Å². The van der Waals surface area contributed by atoms with E-state index >= 15 is 0 Å². The van der Waals surface area contributed by atoms with Crippen molar-refractivity contribution in [3.8, 4) is 22.8 Å². The topological polar surface area (TPSA) is 89.8 Å². The highest BCUT2D eigenvalue weighted by molar-refractivity contribution is 5.84. The molecule has 0 spiro atoms. The molecular formula is C24H20N2O5. The molecule has 4 aromatic rings. The lowest BCUT2D eigenvalue weighted by Gasteiger charge is -2.14. The molecule has 0 radical (unpaired) electrons. The number of hydrogen-bond donors (Lipinski definition) is 2. The quantitative estimate of drug-likeness (QED) is 0.443. The molecule has 0 aliphatic heterocycles. The predicted molar refractivity (Wildman–Crippen MR) is 118 cm³/mol. The maximum atomic E-state index is 13.1. The summed E-state index contributed by atoms with van der Waals surface area (Å²) in [4.78, 5) is 25.4. The van der Waals surface area contributed by atoms with E-state index in [2.05, 4.69) is 10.9 Å². The van der Waals surface area contributed by atoms with Crippen molar-refractivity contribution < 1.29 is 18.7 Å². The molecule has 7 nitrogen and oxygen atoms in total. The first-order valence-electron chi connectivity index (χ1n) is 9.59. The Morgan fingerprint density at radius 1 is 0.935 bits per heavy atom. The summed E-state index contributed by atoms with van der Waals surface area (Å²) >= 11 is 0. The number of ether oxygens (including phenoxy) is 2. The van der Waals surface area contributed by atoms with E-state index in [1.165, 1.54) is 7.11 Å². The number of hydrogen-bond acceptors (Lipinski definition) is 6. The lowest BCUT2D eigenvalue weighted by Crippen LogP contribution is -2.34.